The van der Waals surface area contributed by atoms with Gasteiger partial charge in [0, 0.05) is 22.7 Å². The van der Waals surface area contributed by atoms with Gasteiger partial charge in [-0.3, -0.25) is 4.79 Å². The Morgan fingerprint density at radius 2 is 2.06 bits per heavy atom. The maximum absolute atomic E-state index is 10.9. The highest BCUT2D eigenvalue weighted by molar-refractivity contribution is 7.99. The monoisotopic (exact) mass is 254 g/mol. The van der Waals surface area contributed by atoms with Crippen LogP contribution in [0.25, 0.3) is 10.9 Å². The number of carbonyl (C=O) groups is 1. The molecule has 3 rings (SSSR count). The lowest BCUT2D eigenvalue weighted by molar-refractivity contribution is 0.112. The number of H-pyrrole nitrogens is 1. The minimum absolute atomic E-state index is 0.612. The van der Waals surface area contributed by atoms with E-state index in [1.54, 1.807) is 18.3 Å². The largest absolute Gasteiger partial charge is 0.349 e. The Hall–Kier alpha value is -2.07. The van der Waals surface area contributed by atoms with E-state index in [9.17, 15) is 4.79 Å². The molecule has 0 aliphatic heterocycles. The Bertz CT molecular complexity index is 673. The fourth-order valence-corrected chi connectivity index (χ4v) is 2.69. The Morgan fingerprint density at radius 3 is 2.89 bits per heavy atom. The number of pyridine rings is 1. The Kier molecular flexibility index (Phi) is 2.86. The molecule has 2 aromatic heterocycles. The van der Waals surface area contributed by atoms with Crippen LogP contribution in [-0.2, 0) is 0 Å². The quantitative estimate of drug-likeness (QED) is 0.727. The number of carbonyl (C=O) groups excluding carboxylic acids is 1. The molecule has 4 heteroatoms. The van der Waals surface area contributed by atoms with E-state index < -0.39 is 0 Å². The van der Waals surface area contributed by atoms with E-state index in [1.807, 2.05) is 18.2 Å². The number of nitrogens with one attached hydrogen (secondary N) is 1. The third-order valence-corrected chi connectivity index (χ3v) is 3.61. The van der Waals surface area contributed by atoms with Crippen LogP contribution >= 0.6 is 11.8 Å². The topological polar surface area (TPSA) is 45.8 Å². The highest BCUT2D eigenvalue weighted by atomic mass is 32.2. The van der Waals surface area contributed by atoms with Crippen molar-refractivity contribution >= 4 is 29.0 Å². The van der Waals surface area contributed by atoms with Crippen molar-refractivity contribution < 1.29 is 4.79 Å². The van der Waals surface area contributed by atoms with Crippen molar-refractivity contribution in [3.8, 4) is 0 Å². The van der Waals surface area contributed by atoms with Gasteiger partial charge in [-0.2, -0.15) is 0 Å². The van der Waals surface area contributed by atoms with Crippen LogP contribution in [-0.4, -0.2) is 16.3 Å². The van der Waals surface area contributed by atoms with Crippen LogP contribution in [0.4, 0.5) is 0 Å². The summed E-state index contributed by atoms with van der Waals surface area (Å²) in [5, 5.41) is 2.86. The average molecular weight is 254 g/mol. The molecule has 1 aromatic carbocycles. The van der Waals surface area contributed by atoms with Crippen LogP contribution in [0.5, 0.6) is 0 Å². The standard InChI is InChI=1S/C14H10N2OS/c17-9-11-5-3-7-15-14(11)18-13-8-10-4-1-2-6-12(10)16-13/h1-9,16H. The van der Waals surface area contributed by atoms with Crippen LogP contribution in [0.2, 0.25) is 0 Å². The number of rotatable bonds is 3. The summed E-state index contributed by atoms with van der Waals surface area (Å²) in [6, 6.07) is 13.7. The predicted molar refractivity (Wildman–Crippen MR) is 72.0 cm³/mol. The normalized spacial score (nSPS) is 10.7. The van der Waals surface area contributed by atoms with Crippen molar-refractivity contribution in [3.05, 3.63) is 54.2 Å². The summed E-state index contributed by atoms with van der Waals surface area (Å²) in [7, 11) is 0. The minimum Gasteiger partial charge on any atom is -0.349 e. The highest BCUT2D eigenvalue weighted by Gasteiger charge is 2.07. The number of aldehydes is 1. The average Bonchev–Trinajstić information content (AvgIpc) is 2.81. The maximum Gasteiger partial charge on any atom is 0.152 e. The van der Waals surface area contributed by atoms with Crippen molar-refractivity contribution in [1.82, 2.24) is 9.97 Å². The lowest BCUT2D eigenvalue weighted by atomic mass is 10.3. The van der Waals surface area contributed by atoms with E-state index in [1.165, 1.54) is 11.8 Å². The Morgan fingerprint density at radius 1 is 1.17 bits per heavy atom. The van der Waals surface area contributed by atoms with Gasteiger partial charge in [-0.25, -0.2) is 4.98 Å². The number of hydrogen-bond donors (Lipinski definition) is 1. The first-order valence-corrected chi connectivity index (χ1v) is 6.34. The van der Waals surface area contributed by atoms with E-state index in [4.69, 9.17) is 0 Å². The summed E-state index contributed by atoms with van der Waals surface area (Å²) in [5.41, 5.74) is 1.70. The summed E-state index contributed by atoms with van der Waals surface area (Å²) >= 11 is 1.47. The van der Waals surface area contributed by atoms with Gasteiger partial charge in [0.15, 0.2) is 6.29 Å². The summed E-state index contributed by atoms with van der Waals surface area (Å²) < 4.78 is 0. The SMILES string of the molecule is O=Cc1cccnc1Sc1cc2ccccc2[nH]1. The molecule has 18 heavy (non-hydrogen) atoms. The summed E-state index contributed by atoms with van der Waals surface area (Å²) in [4.78, 5) is 18.5. The first-order valence-electron chi connectivity index (χ1n) is 5.52. The molecule has 0 amide bonds. The van der Waals surface area contributed by atoms with Gasteiger partial charge >= 0.3 is 0 Å². The van der Waals surface area contributed by atoms with Crippen molar-refractivity contribution in [2.75, 3.05) is 0 Å². The molecule has 0 radical (unpaired) electrons. The molecule has 0 spiro atoms. The zero-order chi connectivity index (χ0) is 12.4. The number of hydrogen-bond acceptors (Lipinski definition) is 3. The van der Waals surface area contributed by atoms with Crippen LogP contribution in [0, 0.1) is 0 Å². The lowest BCUT2D eigenvalue weighted by Crippen LogP contribution is -1.88. The minimum atomic E-state index is 0.612. The Labute approximate surface area is 108 Å². The zero-order valence-electron chi connectivity index (χ0n) is 9.46. The molecule has 0 saturated heterocycles. The molecular weight excluding hydrogens is 244 g/mol. The molecule has 88 valence electrons. The second kappa shape index (κ2) is 4.66. The molecule has 0 fully saturated rings. The smallest absolute Gasteiger partial charge is 0.152 e. The second-order valence-electron chi connectivity index (χ2n) is 3.84. The van der Waals surface area contributed by atoms with Gasteiger partial charge in [0.1, 0.15) is 5.03 Å². The third-order valence-electron chi connectivity index (χ3n) is 2.64. The third kappa shape index (κ3) is 2.02. The number of fused-ring (bicyclic) bond motifs is 1. The summed E-state index contributed by atoms with van der Waals surface area (Å²) in [6.07, 6.45) is 2.52. The van der Waals surface area contributed by atoms with Gasteiger partial charge in [0.25, 0.3) is 0 Å². The van der Waals surface area contributed by atoms with Crippen molar-refractivity contribution in [2.24, 2.45) is 0 Å². The highest BCUT2D eigenvalue weighted by Crippen LogP contribution is 2.29. The molecule has 0 aliphatic carbocycles. The summed E-state index contributed by atoms with van der Waals surface area (Å²) in [6.45, 7) is 0. The van der Waals surface area contributed by atoms with E-state index in [2.05, 4.69) is 22.1 Å². The number of benzene rings is 1. The first kappa shape index (κ1) is 11.0. The molecule has 0 saturated carbocycles. The lowest BCUT2D eigenvalue weighted by Gasteiger charge is -2.00. The molecule has 0 atom stereocenters. The fraction of sp³-hybridized carbons (Fsp3) is 0. The van der Waals surface area contributed by atoms with Gasteiger partial charge in [0.2, 0.25) is 0 Å². The van der Waals surface area contributed by atoms with Gasteiger partial charge in [-0.15, -0.1) is 0 Å². The van der Waals surface area contributed by atoms with Crippen LogP contribution in [0.15, 0.2) is 58.7 Å². The van der Waals surface area contributed by atoms with Gasteiger partial charge < -0.3 is 4.98 Å². The molecule has 1 N–H and O–H groups in total. The van der Waals surface area contributed by atoms with Gasteiger partial charge in [0.05, 0.1) is 5.03 Å². The van der Waals surface area contributed by atoms with Crippen LogP contribution < -0.4 is 0 Å². The summed E-state index contributed by atoms with van der Waals surface area (Å²) in [5.74, 6) is 0. The van der Waals surface area contributed by atoms with Gasteiger partial charge in [-0.1, -0.05) is 30.0 Å². The van der Waals surface area contributed by atoms with E-state index in [0.29, 0.717) is 5.56 Å². The molecular formula is C14H10N2OS. The molecule has 2 heterocycles. The zero-order valence-corrected chi connectivity index (χ0v) is 10.3. The van der Waals surface area contributed by atoms with Crippen molar-refractivity contribution in [3.63, 3.8) is 0 Å². The van der Waals surface area contributed by atoms with Gasteiger partial charge in [-0.05, 0) is 24.3 Å². The molecule has 3 aromatic rings. The van der Waals surface area contributed by atoms with Crippen LogP contribution in [0.3, 0.4) is 0 Å². The van der Waals surface area contributed by atoms with E-state index >= 15 is 0 Å². The number of nitrogens with zero attached hydrogens (tertiary/aromatic N) is 1. The Balaban J connectivity index is 1.98. The second-order valence-corrected chi connectivity index (χ2v) is 4.87. The fourth-order valence-electron chi connectivity index (χ4n) is 1.78. The maximum atomic E-state index is 10.9. The van der Waals surface area contributed by atoms with Crippen LogP contribution in [0.1, 0.15) is 10.4 Å². The van der Waals surface area contributed by atoms with Crippen molar-refractivity contribution in [2.45, 2.75) is 10.1 Å². The number of para-hydroxylation sites is 1. The molecule has 0 aliphatic rings. The first-order chi connectivity index (χ1) is 8.86. The number of aromatic amines is 1. The number of aromatic nitrogens is 2. The molecule has 0 bridgehead atoms. The van der Waals surface area contributed by atoms with E-state index in [-0.39, 0.29) is 0 Å². The van der Waals surface area contributed by atoms with Crippen molar-refractivity contribution in [1.29, 1.82) is 0 Å². The van der Waals surface area contributed by atoms with E-state index in [0.717, 1.165) is 27.2 Å². The molecule has 3 nitrogen and oxygen atoms in total. The molecule has 0 unspecified atom stereocenters. The predicted octanol–water partition coefficient (Wildman–Crippen LogP) is 3.53.